The van der Waals surface area contributed by atoms with Gasteiger partial charge in [0.15, 0.2) is 9.84 Å². The molecule has 0 aliphatic heterocycles. The molecule has 3 nitrogen and oxygen atoms in total. The predicted octanol–water partition coefficient (Wildman–Crippen LogP) is 1.90. The van der Waals surface area contributed by atoms with Crippen LogP contribution in [0.4, 0.5) is 0 Å². The number of hydrogen-bond acceptors (Lipinski definition) is 3. The third-order valence-corrected chi connectivity index (χ3v) is 5.59. The van der Waals surface area contributed by atoms with Gasteiger partial charge < -0.3 is 5.73 Å². The third-order valence-electron chi connectivity index (χ3n) is 3.66. The van der Waals surface area contributed by atoms with Crippen LogP contribution in [-0.2, 0) is 9.84 Å². The lowest BCUT2D eigenvalue weighted by atomic mass is 10.0. The molecule has 2 rings (SSSR count). The van der Waals surface area contributed by atoms with Gasteiger partial charge in [0.2, 0.25) is 0 Å². The van der Waals surface area contributed by atoms with E-state index in [0.717, 1.165) is 18.4 Å². The van der Waals surface area contributed by atoms with E-state index in [1.807, 2.05) is 26.0 Å². The lowest BCUT2D eigenvalue weighted by Gasteiger charge is -2.18. The van der Waals surface area contributed by atoms with Crippen molar-refractivity contribution in [2.45, 2.75) is 37.1 Å². The standard InChI is InChI=1S/C13H19NO2S/c1-10-3-5-12(6-4-10)17(15,16)9-11(2)13(14)7-8-13/h3-6,11H,7-9,14H2,1-2H3. The normalized spacial score (nSPS) is 19.9. The summed E-state index contributed by atoms with van der Waals surface area (Å²) >= 11 is 0. The first-order chi connectivity index (χ1) is 7.83. The minimum absolute atomic E-state index is 0.0220. The summed E-state index contributed by atoms with van der Waals surface area (Å²) < 4.78 is 24.3. The highest BCUT2D eigenvalue weighted by atomic mass is 32.2. The fraction of sp³-hybridized carbons (Fsp3) is 0.538. The van der Waals surface area contributed by atoms with E-state index < -0.39 is 9.84 Å². The van der Waals surface area contributed by atoms with Gasteiger partial charge in [-0.25, -0.2) is 8.42 Å². The molecule has 0 saturated heterocycles. The van der Waals surface area contributed by atoms with E-state index in [2.05, 4.69) is 0 Å². The molecule has 0 spiro atoms. The van der Waals surface area contributed by atoms with Crippen molar-refractivity contribution in [1.29, 1.82) is 0 Å². The minimum Gasteiger partial charge on any atom is -0.325 e. The van der Waals surface area contributed by atoms with Crippen molar-refractivity contribution < 1.29 is 8.42 Å². The first-order valence-electron chi connectivity index (χ1n) is 5.92. The zero-order valence-electron chi connectivity index (χ0n) is 10.3. The molecule has 0 bridgehead atoms. The van der Waals surface area contributed by atoms with Crippen molar-refractivity contribution in [1.82, 2.24) is 0 Å². The predicted molar refractivity (Wildman–Crippen MR) is 68.5 cm³/mol. The van der Waals surface area contributed by atoms with Crippen LogP contribution in [0.15, 0.2) is 29.2 Å². The Kier molecular flexibility index (Phi) is 3.04. The maximum Gasteiger partial charge on any atom is 0.178 e. The van der Waals surface area contributed by atoms with E-state index in [0.29, 0.717) is 4.90 Å². The molecule has 1 aromatic carbocycles. The SMILES string of the molecule is Cc1ccc(S(=O)(=O)CC(C)C2(N)CC2)cc1. The summed E-state index contributed by atoms with van der Waals surface area (Å²) in [6.07, 6.45) is 1.88. The number of hydrogen-bond donors (Lipinski definition) is 1. The smallest absolute Gasteiger partial charge is 0.178 e. The molecule has 1 atom stereocenters. The number of rotatable bonds is 4. The molecule has 4 heteroatoms. The second kappa shape index (κ2) is 4.10. The fourth-order valence-corrected chi connectivity index (χ4v) is 3.71. The summed E-state index contributed by atoms with van der Waals surface area (Å²) in [6.45, 7) is 3.87. The molecule has 1 saturated carbocycles. The van der Waals surface area contributed by atoms with Crippen LogP contribution in [-0.4, -0.2) is 19.7 Å². The Balaban J connectivity index is 2.16. The third kappa shape index (κ3) is 2.69. The summed E-state index contributed by atoms with van der Waals surface area (Å²) in [4.78, 5) is 0.402. The van der Waals surface area contributed by atoms with E-state index in [9.17, 15) is 8.42 Å². The summed E-state index contributed by atoms with van der Waals surface area (Å²) in [5, 5.41) is 0. The molecular weight excluding hydrogens is 234 g/mol. The molecule has 1 fully saturated rings. The summed E-state index contributed by atoms with van der Waals surface area (Å²) in [6, 6.07) is 7.00. The van der Waals surface area contributed by atoms with Crippen LogP contribution in [0.5, 0.6) is 0 Å². The Hall–Kier alpha value is -0.870. The maximum atomic E-state index is 12.2. The molecule has 0 radical (unpaired) electrons. The monoisotopic (exact) mass is 253 g/mol. The summed E-state index contributed by atoms with van der Waals surface area (Å²) in [5.41, 5.74) is 6.86. The van der Waals surface area contributed by atoms with Crippen molar-refractivity contribution in [2.75, 3.05) is 5.75 Å². The summed E-state index contributed by atoms with van der Waals surface area (Å²) in [5.74, 6) is 0.167. The number of sulfone groups is 1. The Morgan fingerprint density at radius 3 is 2.29 bits per heavy atom. The van der Waals surface area contributed by atoms with Gasteiger partial charge in [0.05, 0.1) is 10.6 Å². The molecule has 1 aliphatic carbocycles. The van der Waals surface area contributed by atoms with E-state index >= 15 is 0 Å². The van der Waals surface area contributed by atoms with Gasteiger partial charge in [-0.15, -0.1) is 0 Å². The van der Waals surface area contributed by atoms with E-state index in [1.54, 1.807) is 12.1 Å². The molecule has 2 N–H and O–H groups in total. The lowest BCUT2D eigenvalue weighted by molar-refractivity contribution is 0.471. The summed E-state index contributed by atoms with van der Waals surface area (Å²) in [7, 11) is -3.20. The molecular formula is C13H19NO2S. The van der Waals surface area contributed by atoms with E-state index in [4.69, 9.17) is 5.73 Å². The number of nitrogens with two attached hydrogens (primary N) is 1. The highest BCUT2D eigenvalue weighted by Gasteiger charge is 2.44. The zero-order chi connectivity index (χ0) is 12.7. The van der Waals surface area contributed by atoms with Gasteiger partial charge in [-0.1, -0.05) is 24.6 Å². The van der Waals surface area contributed by atoms with Gasteiger partial charge in [-0.05, 0) is 37.8 Å². The first kappa shape index (κ1) is 12.6. The Morgan fingerprint density at radius 2 is 1.82 bits per heavy atom. The number of benzene rings is 1. The quantitative estimate of drug-likeness (QED) is 0.891. The molecule has 94 valence electrons. The molecule has 17 heavy (non-hydrogen) atoms. The van der Waals surface area contributed by atoms with E-state index in [1.165, 1.54) is 0 Å². The highest BCUT2D eigenvalue weighted by Crippen LogP contribution is 2.40. The van der Waals surface area contributed by atoms with Gasteiger partial charge in [0.25, 0.3) is 0 Å². The molecule has 1 aliphatic rings. The fourth-order valence-electron chi connectivity index (χ4n) is 1.97. The average Bonchev–Trinajstić information content (AvgIpc) is 2.98. The van der Waals surface area contributed by atoms with Crippen LogP contribution in [0, 0.1) is 12.8 Å². The second-order valence-corrected chi connectivity index (χ2v) is 7.26. The van der Waals surface area contributed by atoms with Gasteiger partial charge in [0.1, 0.15) is 0 Å². The average molecular weight is 253 g/mol. The van der Waals surface area contributed by atoms with Gasteiger partial charge in [-0.3, -0.25) is 0 Å². The molecule has 1 aromatic rings. The van der Waals surface area contributed by atoms with Crippen LogP contribution in [0.3, 0.4) is 0 Å². The largest absolute Gasteiger partial charge is 0.325 e. The highest BCUT2D eigenvalue weighted by molar-refractivity contribution is 7.91. The van der Waals surface area contributed by atoms with Crippen molar-refractivity contribution in [3.05, 3.63) is 29.8 Å². The van der Waals surface area contributed by atoms with Crippen LogP contribution in [0.25, 0.3) is 0 Å². The van der Waals surface area contributed by atoms with Gasteiger partial charge in [-0.2, -0.15) is 0 Å². The molecule has 0 heterocycles. The zero-order valence-corrected chi connectivity index (χ0v) is 11.1. The van der Waals surface area contributed by atoms with Crippen molar-refractivity contribution in [2.24, 2.45) is 11.7 Å². The first-order valence-corrected chi connectivity index (χ1v) is 7.57. The van der Waals surface area contributed by atoms with Gasteiger partial charge >= 0.3 is 0 Å². The second-order valence-electron chi connectivity index (χ2n) is 5.23. The van der Waals surface area contributed by atoms with Crippen LogP contribution >= 0.6 is 0 Å². The van der Waals surface area contributed by atoms with E-state index in [-0.39, 0.29) is 17.2 Å². The van der Waals surface area contributed by atoms with Crippen molar-refractivity contribution in [3.8, 4) is 0 Å². The maximum absolute atomic E-state index is 12.2. The van der Waals surface area contributed by atoms with Crippen LogP contribution in [0.2, 0.25) is 0 Å². The van der Waals surface area contributed by atoms with Crippen LogP contribution in [0.1, 0.15) is 25.3 Å². The Labute approximate surface area is 103 Å². The number of aryl methyl sites for hydroxylation is 1. The molecule has 0 amide bonds. The Morgan fingerprint density at radius 1 is 1.29 bits per heavy atom. The minimum atomic E-state index is -3.20. The molecule has 1 unspecified atom stereocenters. The van der Waals surface area contributed by atoms with Crippen LogP contribution < -0.4 is 5.73 Å². The molecule has 0 aromatic heterocycles. The Bertz CT molecular complexity index is 501. The van der Waals surface area contributed by atoms with Gasteiger partial charge in [0, 0.05) is 5.54 Å². The topological polar surface area (TPSA) is 60.2 Å². The lowest BCUT2D eigenvalue weighted by Crippen LogP contribution is -2.35. The van der Waals surface area contributed by atoms with Crippen molar-refractivity contribution in [3.63, 3.8) is 0 Å². The van der Waals surface area contributed by atoms with Crippen molar-refractivity contribution >= 4 is 9.84 Å².